The molecule has 8 nitrogen and oxygen atoms in total. The number of carbonyl (C=O) groups excluding carboxylic acids is 2. The Morgan fingerprint density at radius 3 is 1.49 bits per heavy atom. The van der Waals surface area contributed by atoms with E-state index < -0.39 is 40.8 Å². The van der Waals surface area contributed by atoms with Crippen LogP contribution in [0.5, 0.6) is 11.5 Å². The molecule has 35 heavy (non-hydrogen) atoms. The van der Waals surface area contributed by atoms with E-state index in [2.05, 4.69) is 0 Å². The van der Waals surface area contributed by atoms with Gasteiger partial charge in [-0.15, -0.1) is 0 Å². The number of hydrogen-bond donors (Lipinski definition) is 0. The minimum atomic E-state index is -1.63. The molecule has 8 heteroatoms. The monoisotopic (exact) mass is 482 g/mol. The molecule has 2 atom stereocenters. The van der Waals surface area contributed by atoms with Gasteiger partial charge < -0.3 is 28.4 Å². The van der Waals surface area contributed by atoms with Crippen molar-refractivity contribution in [2.75, 3.05) is 27.4 Å². The van der Waals surface area contributed by atoms with Crippen molar-refractivity contribution in [1.29, 1.82) is 0 Å². The summed E-state index contributed by atoms with van der Waals surface area (Å²) in [5.74, 6) is -3.40. The number of methoxy groups -OCH3 is 2. The predicted octanol–water partition coefficient (Wildman–Crippen LogP) is 3.93. The maximum absolute atomic E-state index is 14.0. The molecule has 2 aliphatic heterocycles. The lowest BCUT2D eigenvalue weighted by Gasteiger charge is -2.53. The minimum Gasteiger partial charge on any atom is -0.497 e. The van der Waals surface area contributed by atoms with Crippen LogP contribution in [0.25, 0.3) is 0 Å². The van der Waals surface area contributed by atoms with Gasteiger partial charge in [-0.2, -0.15) is 0 Å². The number of rotatable bonds is 4. The number of carbonyl (C=O) groups is 2. The summed E-state index contributed by atoms with van der Waals surface area (Å²) < 4.78 is 34.5. The van der Waals surface area contributed by atoms with E-state index in [1.807, 2.05) is 48.5 Å². The second-order valence-electron chi connectivity index (χ2n) is 9.72. The van der Waals surface area contributed by atoms with Crippen molar-refractivity contribution in [3.05, 3.63) is 59.7 Å². The SMILES string of the molecule is COc1ccc([C@H]2CC3(C[C@@H](c4ccc(OC)cc4)C24C(=O)OC(C)(C)OC4=O)OCCO3)cc1. The van der Waals surface area contributed by atoms with Crippen LogP contribution in [0, 0.1) is 5.41 Å². The molecule has 0 bridgehead atoms. The zero-order chi connectivity index (χ0) is 24.8. The van der Waals surface area contributed by atoms with E-state index in [-0.39, 0.29) is 0 Å². The van der Waals surface area contributed by atoms with Crippen molar-refractivity contribution in [1.82, 2.24) is 0 Å². The molecule has 3 fully saturated rings. The highest BCUT2D eigenvalue weighted by Gasteiger charge is 2.70. The summed E-state index contributed by atoms with van der Waals surface area (Å²) in [5.41, 5.74) is -0.0774. The molecule has 1 saturated carbocycles. The van der Waals surface area contributed by atoms with Crippen LogP contribution in [-0.4, -0.2) is 50.9 Å². The maximum Gasteiger partial charge on any atom is 0.328 e. The predicted molar refractivity (Wildman–Crippen MR) is 124 cm³/mol. The first-order valence-electron chi connectivity index (χ1n) is 11.8. The summed E-state index contributed by atoms with van der Waals surface area (Å²) in [6, 6.07) is 14.7. The molecular formula is C27H30O8. The fourth-order valence-corrected chi connectivity index (χ4v) is 5.73. The molecule has 2 aromatic carbocycles. The van der Waals surface area contributed by atoms with Gasteiger partial charge in [0.15, 0.2) is 11.2 Å². The molecular weight excluding hydrogens is 452 g/mol. The summed E-state index contributed by atoms with van der Waals surface area (Å²) in [7, 11) is 3.17. The zero-order valence-corrected chi connectivity index (χ0v) is 20.4. The molecule has 0 aromatic heterocycles. The number of cyclic esters (lactones) is 2. The Balaban J connectivity index is 1.71. The van der Waals surface area contributed by atoms with Gasteiger partial charge in [0.25, 0.3) is 5.79 Å². The van der Waals surface area contributed by atoms with E-state index in [4.69, 9.17) is 28.4 Å². The summed E-state index contributed by atoms with van der Waals surface area (Å²) >= 11 is 0. The Morgan fingerprint density at radius 2 is 1.11 bits per heavy atom. The number of hydrogen-bond acceptors (Lipinski definition) is 8. The van der Waals surface area contributed by atoms with Gasteiger partial charge in [-0.1, -0.05) is 24.3 Å². The molecule has 2 aromatic rings. The molecule has 0 radical (unpaired) electrons. The molecule has 186 valence electrons. The normalized spacial score (nSPS) is 26.3. The van der Waals surface area contributed by atoms with Crippen molar-refractivity contribution in [2.45, 2.75) is 50.1 Å². The van der Waals surface area contributed by atoms with Crippen molar-refractivity contribution in [3.8, 4) is 11.5 Å². The number of benzene rings is 2. The summed E-state index contributed by atoms with van der Waals surface area (Å²) in [6.45, 7) is 4.01. The fourth-order valence-electron chi connectivity index (χ4n) is 5.73. The Labute approximate surface area is 204 Å². The molecule has 2 saturated heterocycles. The van der Waals surface area contributed by atoms with Crippen molar-refractivity contribution in [3.63, 3.8) is 0 Å². The van der Waals surface area contributed by atoms with E-state index in [0.29, 0.717) is 37.6 Å². The average Bonchev–Trinajstić information content (AvgIpc) is 3.30. The molecule has 0 amide bonds. The third-order valence-electron chi connectivity index (χ3n) is 7.33. The van der Waals surface area contributed by atoms with E-state index in [0.717, 1.165) is 11.1 Å². The van der Waals surface area contributed by atoms with E-state index in [9.17, 15) is 9.59 Å². The Morgan fingerprint density at radius 1 is 0.714 bits per heavy atom. The molecule has 2 spiro atoms. The van der Waals surface area contributed by atoms with Crippen LogP contribution in [0.15, 0.2) is 48.5 Å². The Kier molecular flexibility index (Phi) is 5.76. The standard InChI is InChI=1S/C27H30O8/c1-25(2)34-23(28)27(24(29)35-25)21(17-5-9-19(30-3)10-6-17)15-26(32-13-14-33-26)16-22(27)18-7-11-20(31-4)12-8-18/h5-12,21-22H,13-16H2,1-4H3/t21-,22+. The van der Waals surface area contributed by atoms with Gasteiger partial charge in [0.2, 0.25) is 0 Å². The van der Waals surface area contributed by atoms with Crippen LogP contribution in [0.1, 0.15) is 49.7 Å². The lowest BCUT2D eigenvalue weighted by molar-refractivity contribution is -0.268. The highest BCUT2D eigenvalue weighted by Crippen LogP contribution is 2.62. The van der Waals surface area contributed by atoms with Crippen LogP contribution in [0.2, 0.25) is 0 Å². The van der Waals surface area contributed by atoms with Crippen LogP contribution < -0.4 is 9.47 Å². The first kappa shape index (κ1) is 23.6. The van der Waals surface area contributed by atoms with E-state index >= 15 is 0 Å². The van der Waals surface area contributed by atoms with Gasteiger partial charge in [-0.25, -0.2) is 0 Å². The van der Waals surface area contributed by atoms with Gasteiger partial charge in [-0.3, -0.25) is 9.59 Å². The van der Waals surface area contributed by atoms with Gasteiger partial charge in [0.05, 0.1) is 27.4 Å². The third kappa shape index (κ3) is 3.85. The van der Waals surface area contributed by atoms with E-state index in [1.165, 1.54) is 0 Å². The van der Waals surface area contributed by atoms with Gasteiger partial charge in [0, 0.05) is 38.5 Å². The van der Waals surface area contributed by atoms with Crippen molar-refractivity contribution in [2.24, 2.45) is 5.41 Å². The lowest BCUT2D eigenvalue weighted by atomic mass is 9.54. The van der Waals surface area contributed by atoms with Gasteiger partial charge in [-0.05, 0) is 35.4 Å². The van der Waals surface area contributed by atoms with Crippen LogP contribution in [0.3, 0.4) is 0 Å². The maximum atomic E-state index is 14.0. The molecule has 0 N–H and O–H groups in total. The van der Waals surface area contributed by atoms with Crippen molar-refractivity contribution >= 4 is 11.9 Å². The second kappa shape index (κ2) is 8.53. The number of ether oxygens (including phenoxy) is 6. The highest BCUT2D eigenvalue weighted by atomic mass is 16.8. The summed E-state index contributed by atoms with van der Waals surface area (Å²) in [4.78, 5) is 27.9. The molecule has 2 heterocycles. The fraction of sp³-hybridized carbons (Fsp3) is 0.481. The Bertz CT molecular complexity index is 1020. The van der Waals surface area contributed by atoms with Gasteiger partial charge >= 0.3 is 11.9 Å². The second-order valence-corrected chi connectivity index (χ2v) is 9.72. The van der Waals surface area contributed by atoms with Crippen LogP contribution >= 0.6 is 0 Å². The minimum absolute atomic E-state index is 0.302. The highest BCUT2D eigenvalue weighted by molar-refractivity contribution is 6.04. The topological polar surface area (TPSA) is 89.5 Å². The quantitative estimate of drug-likeness (QED) is 0.478. The molecule has 0 unspecified atom stereocenters. The van der Waals surface area contributed by atoms with Crippen LogP contribution in [0.4, 0.5) is 0 Å². The number of esters is 2. The summed E-state index contributed by atoms with van der Waals surface area (Å²) in [5, 5.41) is 0. The molecule has 1 aliphatic carbocycles. The van der Waals surface area contributed by atoms with Gasteiger partial charge in [0.1, 0.15) is 11.5 Å². The zero-order valence-electron chi connectivity index (χ0n) is 20.4. The van der Waals surface area contributed by atoms with E-state index in [1.54, 1.807) is 28.1 Å². The smallest absolute Gasteiger partial charge is 0.328 e. The first-order chi connectivity index (χ1) is 16.7. The lowest BCUT2D eigenvalue weighted by Crippen LogP contribution is -2.63. The first-order valence-corrected chi connectivity index (χ1v) is 11.8. The third-order valence-corrected chi connectivity index (χ3v) is 7.33. The molecule has 5 rings (SSSR count). The largest absolute Gasteiger partial charge is 0.497 e. The average molecular weight is 483 g/mol. The Hall–Kier alpha value is -3.10. The molecule has 3 aliphatic rings. The van der Waals surface area contributed by atoms with Crippen LogP contribution in [-0.2, 0) is 28.5 Å². The van der Waals surface area contributed by atoms with Crippen molar-refractivity contribution < 1.29 is 38.0 Å². The summed E-state index contributed by atoms with van der Waals surface area (Å²) in [6.07, 6.45) is 0.604.